The van der Waals surface area contributed by atoms with Crippen LogP contribution < -0.4 is 0 Å². The predicted molar refractivity (Wildman–Crippen MR) is 140 cm³/mol. The maximum Gasteiger partial charge on any atom is 0.294 e. The lowest BCUT2D eigenvalue weighted by Crippen LogP contribution is -1.99. The molecule has 2 aliphatic rings. The fourth-order valence-electron chi connectivity index (χ4n) is 3.79. The van der Waals surface area contributed by atoms with Crippen LogP contribution in [0.15, 0.2) is 77.7 Å². The van der Waals surface area contributed by atoms with E-state index in [1.165, 1.54) is 6.07 Å². The first-order valence-corrected chi connectivity index (χ1v) is 12.3. The molecule has 3 N–H and O–H groups in total. The van der Waals surface area contributed by atoms with Gasteiger partial charge in [0.2, 0.25) is 0 Å². The second-order valence-corrected chi connectivity index (χ2v) is 9.54. The molecule has 0 atom stereocenters. The van der Waals surface area contributed by atoms with Gasteiger partial charge in [0.05, 0.1) is 27.7 Å². The number of hydrogen-bond donors (Lipinski definition) is 3. The van der Waals surface area contributed by atoms with Crippen LogP contribution in [-0.2, 0) is 10.1 Å². The predicted octanol–water partition coefficient (Wildman–Crippen LogP) is 5.90. The molecule has 0 radical (unpaired) electrons. The number of fused-ring (bicyclic) bond motifs is 8. The van der Waals surface area contributed by atoms with Gasteiger partial charge in [0.15, 0.2) is 0 Å². The smallest absolute Gasteiger partial charge is 0.294 e. The van der Waals surface area contributed by atoms with Crippen molar-refractivity contribution in [2.24, 2.45) is 0 Å². The van der Waals surface area contributed by atoms with Gasteiger partial charge in [-0.25, -0.2) is 9.97 Å². The van der Waals surface area contributed by atoms with Crippen molar-refractivity contribution in [3.8, 4) is 0 Å². The van der Waals surface area contributed by atoms with E-state index in [4.69, 9.17) is 4.55 Å². The highest BCUT2D eigenvalue weighted by atomic mass is 32.2. The largest absolute Gasteiger partial charge is 0.355 e. The van der Waals surface area contributed by atoms with Crippen molar-refractivity contribution >= 4 is 56.5 Å². The Morgan fingerprint density at radius 3 is 1.49 bits per heavy atom. The van der Waals surface area contributed by atoms with Crippen molar-refractivity contribution in [2.45, 2.75) is 11.8 Å². The molecular weight excluding hydrogens is 460 g/mol. The maximum absolute atomic E-state index is 10.6. The van der Waals surface area contributed by atoms with Gasteiger partial charge in [-0.1, -0.05) is 18.2 Å². The SMILES string of the molecule is C1=Cc2cc3ccc(cc4ccc(cc5nc(cc1n2)C=C5)[nH]4)[nH]3.Cc1ccccc1S(=O)(=O)O. The molecule has 8 heteroatoms. The normalized spacial score (nSPS) is 12.3. The summed E-state index contributed by atoms with van der Waals surface area (Å²) in [6, 6.07) is 22.7. The number of aromatic amines is 2. The lowest BCUT2D eigenvalue weighted by atomic mass is 10.2. The van der Waals surface area contributed by atoms with Crippen molar-refractivity contribution in [3.05, 3.63) is 101 Å². The second kappa shape index (κ2) is 9.17. The van der Waals surface area contributed by atoms with Crippen molar-refractivity contribution in [1.29, 1.82) is 0 Å². The third-order valence-corrected chi connectivity index (χ3v) is 6.43. The summed E-state index contributed by atoms with van der Waals surface area (Å²) in [6.45, 7) is 1.63. The molecule has 1 aromatic carbocycles. The number of rotatable bonds is 1. The van der Waals surface area contributed by atoms with Gasteiger partial charge < -0.3 is 9.97 Å². The molecule has 0 amide bonds. The molecule has 7 nitrogen and oxygen atoms in total. The third-order valence-electron chi connectivity index (χ3n) is 5.41. The summed E-state index contributed by atoms with van der Waals surface area (Å²) in [6.07, 6.45) is 8.05. The number of aromatic nitrogens is 4. The van der Waals surface area contributed by atoms with Crippen LogP contribution in [0.5, 0.6) is 0 Å². The van der Waals surface area contributed by atoms with Crippen LogP contribution in [0.4, 0.5) is 0 Å². The Morgan fingerprint density at radius 2 is 1.06 bits per heavy atom. The first kappa shape index (κ1) is 22.5. The summed E-state index contributed by atoms with van der Waals surface area (Å²) < 4.78 is 29.9. The van der Waals surface area contributed by atoms with Crippen LogP contribution in [0.2, 0.25) is 0 Å². The van der Waals surface area contributed by atoms with E-state index >= 15 is 0 Å². The van der Waals surface area contributed by atoms with E-state index in [0.717, 1.165) is 44.8 Å². The fourth-order valence-corrected chi connectivity index (χ4v) is 4.52. The molecule has 8 bridgehead atoms. The highest BCUT2D eigenvalue weighted by molar-refractivity contribution is 7.85. The van der Waals surface area contributed by atoms with Gasteiger partial charge in [0.1, 0.15) is 0 Å². The van der Waals surface area contributed by atoms with Crippen molar-refractivity contribution in [1.82, 2.24) is 19.9 Å². The summed E-state index contributed by atoms with van der Waals surface area (Å²) in [7, 11) is -4.03. The van der Waals surface area contributed by atoms with Crippen LogP contribution in [0, 0.1) is 6.92 Å². The number of benzene rings is 1. The van der Waals surface area contributed by atoms with Gasteiger partial charge in [-0.05, 0) is 91.4 Å². The molecule has 0 spiro atoms. The Labute approximate surface area is 202 Å². The summed E-state index contributed by atoms with van der Waals surface area (Å²) in [4.78, 5) is 16.0. The molecule has 3 aromatic heterocycles. The number of hydrogen-bond acceptors (Lipinski definition) is 4. The molecule has 0 saturated heterocycles. The Bertz CT molecular complexity index is 1660. The third kappa shape index (κ3) is 5.46. The minimum absolute atomic E-state index is 0.0278. The van der Waals surface area contributed by atoms with E-state index in [9.17, 15) is 8.42 Å². The molecule has 0 saturated carbocycles. The monoisotopic (exact) mass is 482 g/mol. The zero-order valence-corrected chi connectivity index (χ0v) is 19.6. The first-order valence-electron chi connectivity index (χ1n) is 10.9. The summed E-state index contributed by atoms with van der Waals surface area (Å²) in [5, 5.41) is 0. The lowest BCUT2D eigenvalue weighted by molar-refractivity contribution is 0.482. The lowest BCUT2D eigenvalue weighted by Gasteiger charge is -1.99. The molecule has 35 heavy (non-hydrogen) atoms. The van der Waals surface area contributed by atoms with E-state index in [-0.39, 0.29) is 4.90 Å². The quantitative estimate of drug-likeness (QED) is 0.253. The number of H-pyrrole nitrogens is 2. The van der Waals surface area contributed by atoms with Crippen molar-refractivity contribution < 1.29 is 13.0 Å². The van der Waals surface area contributed by atoms with Gasteiger partial charge in [-0.2, -0.15) is 8.42 Å². The Hall–Kier alpha value is -4.27. The Kier molecular flexibility index (Phi) is 5.90. The van der Waals surface area contributed by atoms with Crippen molar-refractivity contribution in [3.63, 3.8) is 0 Å². The summed E-state index contributed by atoms with van der Waals surface area (Å²) in [5.74, 6) is 0. The molecule has 6 rings (SSSR count). The van der Waals surface area contributed by atoms with Crippen LogP contribution in [0.25, 0.3) is 46.4 Å². The number of aryl methyl sites for hydroxylation is 1. The zero-order valence-electron chi connectivity index (χ0n) is 18.8. The topological polar surface area (TPSA) is 112 Å². The molecule has 5 heterocycles. The molecule has 0 fully saturated rings. The van der Waals surface area contributed by atoms with E-state index in [0.29, 0.717) is 5.56 Å². The molecule has 2 aliphatic heterocycles. The highest BCUT2D eigenvalue weighted by Gasteiger charge is 2.10. The Balaban J connectivity index is 0.000000195. The standard InChI is InChI=1S/C20H14N4.C7H8O3S/c1-2-14-10-16-5-6-18(23-16)12-20-8-7-19(24-20)11-17-4-3-15(22-17)9-13(1)21-14;1-6-4-2-3-5-7(6)11(8,9)10/h1-12,21-22H;2-5H,1H3,(H,8,9,10). The van der Waals surface area contributed by atoms with E-state index in [1.54, 1.807) is 25.1 Å². The molecule has 0 aliphatic carbocycles. The van der Waals surface area contributed by atoms with Gasteiger partial charge in [-0.15, -0.1) is 0 Å². The van der Waals surface area contributed by atoms with E-state index in [2.05, 4.69) is 50.3 Å². The first-order chi connectivity index (χ1) is 16.8. The maximum atomic E-state index is 10.6. The number of nitrogens with zero attached hydrogens (tertiary/aromatic N) is 2. The molecule has 174 valence electrons. The minimum Gasteiger partial charge on any atom is -0.355 e. The van der Waals surface area contributed by atoms with Crippen LogP contribution in [0.3, 0.4) is 0 Å². The molecule has 0 unspecified atom stereocenters. The van der Waals surface area contributed by atoms with Crippen LogP contribution in [-0.4, -0.2) is 32.9 Å². The average molecular weight is 483 g/mol. The van der Waals surface area contributed by atoms with Gasteiger partial charge in [-0.3, -0.25) is 4.55 Å². The highest BCUT2D eigenvalue weighted by Crippen LogP contribution is 2.17. The molecule has 4 aromatic rings. The van der Waals surface area contributed by atoms with Crippen molar-refractivity contribution in [2.75, 3.05) is 0 Å². The van der Waals surface area contributed by atoms with Crippen LogP contribution >= 0.6 is 0 Å². The van der Waals surface area contributed by atoms with Gasteiger partial charge in [0.25, 0.3) is 10.1 Å². The Morgan fingerprint density at radius 1 is 0.629 bits per heavy atom. The minimum atomic E-state index is -4.03. The van der Waals surface area contributed by atoms with E-state index in [1.807, 2.05) is 42.5 Å². The van der Waals surface area contributed by atoms with Crippen LogP contribution in [0.1, 0.15) is 28.3 Å². The summed E-state index contributed by atoms with van der Waals surface area (Å²) in [5.41, 5.74) is 8.41. The number of nitrogens with one attached hydrogen (secondary N) is 2. The summed E-state index contributed by atoms with van der Waals surface area (Å²) >= 11 is 0. The van der Waals surface area contributed by atoms with Gasteiger partial charge >= 0.3 is 0 Å². The molecular formula is C27H22N4O3S. The second-order valence-electron chi connectivity index (χ2n) is 8.15. The van der Waals surface area contributed by atoms with E-state index < -0.39 is 10.1 Å². The fraction of sp³-hybridized carbons (Fsp3) is 0.0370. The van der Waals surface area contributed by atoms with Gasteiger partial charge in [0, 0.05) is 22.1 Å². The average Bonchev–Trinajstić information content (AvgIpc) is 3.60. The zero-order chi connectivity index (χ0) is 24.4.